The summed E-state index contributed by atoms with van der Waals surface area (Å²) in [6.45, 7) is 0.991. The average molecular weight is 268 g/mol. The van der Waals surface area contributed by atoms with Gasteiger partial charge in [-0.3, -0.25) is 0 Å². The molecule has 0 spiro atoms. The third-order valence-electron chi connectivity index (χ3n) is 4.09. The Kier molecular flexibility index (Phi) is 4.66. The third kappa shape index (κ3) is 3.25. The summed E-state index contributed by atoms with van der Waals surface area (Å²) >= 11 is 6.26. The molecule has 1 saturated carbocycles. The molecule has 0 aromatic heterocycles. The van der Waals surface area contributed by atoms with Crippen molar-refractivity contribution >= 4 is 11.6 Å². The van der Waals surface area contributed by atoms with Gasteiger partial charge in [0.15, 0.2) is 0 Å². The van der Waals surface area contributed by atoms with E-state index in [9.17, 15) is 5.11 Å². The Labute approximate surface area is 114 Å². The van der Waals surface area contributed by atoms with Gasteiger partial charge in [0.05, 0.1) is 6.10 Å². The fourth-order valence-electron chi connectivity index (χ4n) is 3.05. The van der Waals surface area contributed by atoms with Gasteiger partial charge in [0.2, 0.25) is 0 Å². The van der Waals surface area contributed by atoms with Gasteiger partial charge in [0, 0.05) is 11.6 Å². The van der Waals surface area contributed by atoms with Crippen LogP contribution in [0.5, 0.6) is 0 Å². The molecule has 0 atom stereocenters. The lowest BCUT2D eigenvalue weighted by atomic mass is 9.69. The number of aliphatic hydroxyl groups excluding tert-OH is 1. The van der Waals surface area contributed by atoms with E-state index in [-0.39, 0.29) is 11.5 Å². The lowest BCUT2D eigenvalue weighted by molar-refractivity contribution is 0.0629. The molecule has 1 aliphatic rings. The summed E-state index contributed by atoms with van der Waals surface area (Å²) in [5, 5.41) is 13.9. The first-order valence-corrected chi connectivity index (χ1v) is 7.09. The van der Waals surface area contributed by atoms with Crippen LogP contribution in [0.3, 0.4) is 0 Å². The van der Waals surface area contributed by atoms with Gasteiger partial charge in [-0.2, -0.15) is 0 Å². The fraction of sp³-hybridized carbons (Fsp3) is 0.600. The third-order valence-corrected chi connectivity index (χ3v) is 4.46. The number of nitrogens with one attached hydrogen (secondary N) is 1. The smallest absolute Gasteiger partial charge is 0.0540 e. The van der Waals surface area contributed by atoms with Gasteiger partial charge < -0.3 is 10.4 Å². The minimum Gasteiger partial charge on any atom is -0.393 e. The van der Waals surface area contributed by atoms with Gasteiger partial charge in [-0.1, -0.05) is 29.8 Å². The van der Waals surface area contributed by atoms with E-state index in [1.807, 2.05) is 25.2 Å². The second kappa shape index (κ2) is 6.05. The number of aliphatic hydroxyl groups is 1. The number of hydrogen-bond donors (Lipinski definition) is 2. The molecule has 0 saturated heterocycles. The maximum atomic E-state index is 9.68. The molecule has 0 bridgehead atoms. The maximum Gasteiger partial charge on any atom is 0.0540 e. The standard InChI is InChI=1S/C15H22ClNO/c1-17-11-15(8-6-13(18)7-9-15)10-12-4-2-3-5-14(12)16/h2-5,13,17-18H,6-11H2,1H3. The van der Waals surface area contributed by atoms with Gasteiger partial charge in [0.1, 0.15) is 0 Å². The summed E-state index contributed by atoms with van der Waals surface area (Å²) in [4.78, 5) is 0. The molecule has 1 aliphatic carbocycles. The Morgan fingerprint density at radius 2 is 2.00 bits per heavy atom. The number of rotatable bonds is 4. The largest absolute Gasteiger partial charge is 0.393 e. The van der Waals surface area contributed by atoms with Gasteiger partial charge in [0.25, 0.3) is 0 Å². The Bertz CT molecular complexity index is 386. The van der Waals surface area contributed by atoms with Gasteiger partial charge in [-0.05, 0) is 56.2 Å². The monoisotopic (exact) mass is 267 g/mol. The highest BCUT2D eigenvalue weighted by Gasteiger charge is 2.34. The summed E-state index contributed by atoms with van der Waals surface area (Å²) in [7, 11) is 2.00. The molecule has 0 aliphatic heterocycles. The minimum atomic E-state index is -0.110. The summed E-state index contributed by atoms with van der Waals surface area (Å²) < 4.78 is 0. The zero-order valence-corrected chi connectivity index (χ0v) is 11.7. The topological polar surface area (TPSA) is 32.3 Å². The minimum absolute atomic E-state index is 0.110. The van der Waals surface area contributed by atoms with Crippen LogP contribution < -0.4 is 5.32 Å². The molecule has 0 amide bonds. The number of halogens is 1. The van der Waals surface area contributed by atoms with E-state index >= 15 is 0 Å². The normalized spacial score (nSPS) is 28.3. The second-order valence-electron chi connectivity index (χ2n) is 5.53. The van der Waals surface area contributed by atoms with Gasteiger partial charge >= 0.3 is 0 Å². The molecular weight excluding hydrogens is 246 g/mol. The van der Waals surface area contributed by atoms with E-state index in [4.69, 9.17) is 11.6 Å². The van der Waals surface area contributed by atoms with Crippen LogP contribution >= 0.6 is 11.6 Å². The molecule has 3 heteroatoms. The Hall–Kier alpha value is -0.570. The molecule has 0 radical (unpaired) electrons. The van der Waals surface area contributed by atoms with E-state index < -0.39 is 0 Å². The van der Waals surface area contributed by atoms with Crippen molar-refractivity contribution in [3.05, 3.63) is 34.9 Å². The van der Waals surface area contributed by atoms with Gasteiger partial charge in [-0.25, -0.2) is 0 Å². The molecule has 0 heterocycles. The van der Waals surface area contributed by atoms with E-state index in [0.29, 0.717) is 0 Å². The first kappa shape index (κ1) is 13.9. The highest BCUT2D eigenvalue weighted by Crippen LogP contribution is 2.40. The Morgan fingerprint density at radius 1 is 1.33 bits per heavy atom. The van der Waals surface area contributed by atoms with Crippen molar-refractivity contribution in [1.29, 1.82) is 0 Å². The first-order valence-electron chi connectivity index (χ1n) is 6.71. The number of benzene rings is 1. The van der Waals surface area contributed by atoms with Crippen LogP contribution in [-0.2, 0) is 6.42 Å². The van der Waals surface area contributed by atoms with Crippen molar-refractivity contribution < 1.29 is 5.11 Å². The van der Waals surface area contributed by atoms with Crippen molar-refractivity contribution in [1.82, 2.24) is 5.32 Å². The van der Waals surface area contributed by atoms with Crippen LogP contribution in [0, 0.1) is 5.41 Å². The van der Waals surface area contributed by atoms with Crippen molar-refractivity contribution in [2.75, 3.05) is 13.6 Å². The molecule has 1 aromatic rings. The predicted octanol–water partition coefficient (Wildman–Crippen LogP) is 3.02. The second-order valence-corrected chi connectivity index (χ2v) is 5.94. The lowest BCUT2D eigenvalue weighted by Gasteiger charge is -2.39. The fourth-order valence-corrected chi connectivity index (χ4v) is 3.25. The zero-order valence-electron chi connectivity index (χ0n) is 11.0. The predicted molar refractivity (Wildman–Crippen MR) is 76.0 cm³/mol. The molecule has 2 N–H and O–H groups in total. The van der Waals surface area contributed by atoms with Crippen LogP contribution in [-0.4, -0.2) is 24.8 Å². The van der Waals surface area contributed by atoms with Crippen LogP contribution in [0.1, 0.15) is 31.2 Å². The molecule has 2 nitrogen and oxygen atoms in total. The van der Waals surface area contributed by atoms with Gasteiger partial charge in [-0.15, -0.1) is 0 Å². The quantitative estimate of drug-likeness (QED) is 0.879. The first-order chi connectivity index (χ1) is 8.65. The molecule has 1 fully saturated rings. The summed E-state index contributed by atoms with van der Waals surface area (Å²) in [6, 6.07) is 8.10. The van der Waals surface area contributed by atoms with Crippen LogP contribution in [0.15, 0.2) is 24.3 Å². The highest BCUT2D eigenvalue weighted by atomic mass is 35.5. The van der Waals surface area contributed by atoms with Crippen LogP contribution in [0.25, 0.3) is 0 Å². The van der Waals surface area contributed by atoms with Crippen molar-refractivity contribution in [3.8, 4) is 0 Å². The lowest BCUT2D eigenvalue weighted by Crippen LogP contribution is -2.39. The van der Waals surface area contributed by atoms with Crippen molar-refractivity contribution in [2.24, 2.45) is 5.41 Å². The molecule has 18 heavy (non-hydrogen) atoms. The molecule has 1 aromatic carbocycles. The summed E-state index contributed by atoms with van der Waals surface area (Å²) in [5.74, 6) is 0. The molecule has 2 rings (SSSR count). The molecular formula is C15H22ClNO. The summed E-state index contributed by atoms with van der Waals surface area (Å²) in [6.07, 6.45) is 4.85. The van der Waals surface area contributed by atoms with Crippen LogP contribution in [0.4, 0.5) is 0 Å². The Morgan fingerprint density at radius 3 is 2.61 bits per heavy atom. The van der Waals surface area contributed by atoms with E-state index in [1.54, 1.807) is 0 Å². The zero-order chi connectivity index (χ0) is 13.0. The number of hydrogen-bond acceptors (Lipinski definition) is 2. The van der Waals surface area contributed by atoms with E-state index in [2.05, 4.69) is 11.4 Å². The maximum absolute atomic E-state index is 9.68. The van der Waals surface area contributed by atoms with Crippen molar-refractivity contribution in [2.45, 2.75) is 38.2 Å². The highest BCUT2D eigenvalue weighted by molar-refractivity contribution is 6.31. The molecule has 100 valence electrons. The molecule has 0 unspecified atom stereocenters. The summed E-state index contributed by atoms with van der Waals surface area (Å²) in [5.41, 5.74) is 1.48. The SMILES string of the molecule is CNCC1(Cc2ccccc2Cl)CCC(O)CC1. The van der Waals surface area contributed by atoms with E-state index in [1.165, 1.54) is 5.56 Å². The van der Waals surface area contributed by atoms with Crippen molar-refractivity contribution in [3.63, 3.8) is 0 Å². The average Bonchev–Trinajstić information content (AvgIpc) is 2.36. The Balaban J connectivity index is 2.13. The van der Waals surface area contributed by atoms with Crippen LogP contribution in [0.2, 0.25) is 5.02 Å². The van der Waals surface area contributed by atoms with E-state index in [0.717, 1.165) is 43.7 Å².